The first-order chi connectivity index (χ1) is 6.95. The highest BCUT2D eigenvalue weighted by Crippen LogP contribution is 2.11. The molecule has 1 aromatic rings. The summed E-state index contributed by atoms with van der Waals surface area (Å²) in [6.07, 6.45) is 1.23. The number of sulfonamides is 1. The molecule has 0 aliphatic rings. The summed E-state index contributed by atoms with van der Waals surface area (Å²) in [5, 5.41) is 4.94. The number of hydrogen-bond donors (Lipinski definition) is 2. The Labute approximate surface area is 88.9 Å². The Balaban J connectivity index is 2.90. The van der Waals surface area contributed by atoms with Crippen molar-refractivity contribution in [2.75, 3.05) is 25.0 Å². The Morgan fingerprint density at radius 2 is 2.13 bits per heavy atom. The average Bonchev–Trinajstić information content (AvgIpc) is 2.17. The smallest absolute Gasteiger partial charge is 0.239 e. The van der Waals surface area contributed by atoms with Crippen molar-refractivity contribution in [2.24, 2.45) is 10.9 Å². The van der Waals surface area contributed by atoms with E-state index in [0.717, 1.165) is 0 Å². The summed E-state index contributed by atoms with van der Waals surface area (Å²) < 4.78 is 21.9. The van der Waals surface area contributed by atoms with Gasteiger partial charge in [0, 0.05) is 26.3 Å². The maximum absolute atomic E-state index is 10.9. The Morgan fingerprint density at radius 1 is 1.47 bits per heavy atom. The number of hydrogen-bond acceptors (Lipinski definition) is 5. The highest BCUT2D eigenvalue weighted by molar-refractivity contribution is 7.89. The summed E-state index contributed by atoms with van der Waals surface area (Å²) in [4.78, 5) is 5.81. The number of primary sulfonamides is 1. The van der Waals surface area contributed by atoms with Crippen molar-refractivity contribution in [3.8, 4) is 0 Å². The fourth-order valence-electron chi connectivity index (χ4n) is 1.07. The fraction of sp³-hybridized carbons (Fsp3) is 0.375. The lowest BCUT2D eigenvalue weighted by Crippen LogP contribution is -2.25. The van der Waals surface area contributed by atoms with E-state index in [-0.39, 0.29) is 4.90 Å². The maximum atomic E-state index is 10.9. The van der Waals surface area contributed by atoms with Crippen LogP contribution >= 0.6 is 0 Å². The van der Waals surface area contributed by atoms with Crippen LogP contribution in [0, 0.1) is 0 Å². The summed E-state index contributed by atoms with van der Waals surface area (Å²) in [5.41, 5.74) is 5.38. The molecular weight excluding hydrogens is 216 g/mol. The molecule has 0 aliphatic heterocycles. The predicted molar refractivity (Wildman–Crippen MR) is 57.9 cm³/mol. The van der Waals surface area contributed by atoms with E-state index in [9.17, 15) is 8.42 Å². The van der Waals surface area contributed by atoms with Gasteiger partial charge in [-0.15, -0.1) is 0 Å². The van der Waals surface area contributed by atoms with Crippen molar-refractivity contribution < 1.29 is 8.42 Å². The second kappa shape index (κ2) is 4.56. The van der Waals surface area contributed by atoms with Gasteiger partial charge in [-0.1, -0.05) is 0 Å². The molecule has 84 valence electrons. The number of aromatic nitrogens is 1. The quantitative estimate of drug-likeness (QED) is 0.699. The van der Waals surface area contributed by atoms with Crippen molar-refractivity contribution in [1.29, 1.82) is 0 Å². The molecule has 0 radical (unpaired) electrons. The highest BCUT2D eigenvalue weighted by atomic mass is 32.2. The molecule has 7 heteroatoms. The topological polar surface area (TPSA) is 102 Å². The monoisotopic (exact) mass is 230 g/mol. The fourth-order valence-corrected chi connectivity index (χ4v) is 1.53. The lowest BCUT2D eigenvalue weighted by atomic mass is 10.4. The molecule has 1 rings (SSSR count). The molecule has 0 amide bonds. The third-order valence-electron chi connectivity index (χ3n) is 1.90. The van der Waals surface area contributed by atoms with Gasteiger partial charge in [-0.05, 0) is 12.1 Å². The van der Waals surface area contributed by atoms with Crippen LogP contribution in [0.5, 0.6) is 0 Å². The van der Waals surface area contributed by atoms with E-state index in [1.165, 1.54) is 12.3 Å². The van der Waals surface area contributed by atoms with Crippen LogP contribution in [0.4, 0.5) is 5.82 Å². The molecule has 0 spiro atoms. The first kappa shape index (κ1) is 11.9. The number of nitrogens with two attached hydrogens (primary N) is 2. The first-order valence-electron chi connectivity index (χ1n) is 4.35. The molecule has 4 N–H and O–H groups in total. The van der Waals surface area contributed by atoms with Crippen LogP contribution in [0.3, 0.4) is 0 Å². The zero-order valence-corrected chi connectivity index (χ0v) is 9.24. The summed E-state index contributed by atoms with van der Waals surface area (Å²) in [6.45, 7) is 1.16. The molecule has 0 aromatic carbocycles. The molecule has 0 unspecified atom stereocenters. The summed E-state index contributed by atoms with van der Waals surface area (Å²) in [6, 6.07) is 3.01. The van der Waals surface area contributed by atoms with Crippen molar-refractivity contribution in [2.45, 2.75) is 4.90 Å². The van der Waals surface area contributed by atoms with E-state index >= 15 is 0 Å². The molecule has 0 bridgehead atoms. The van der Waals surface area contributed by atoms with Gasteiger partial charge in [0.25, 0.3) is 0 Å². The third-order valence-corrected chi connectivity index (χ3v) is 2.80. The van der Waals surface area contributed by atoms with E-state index in [0.29, 0.717) is 18.9 Å². The molecule has 0 fully saturated rings. The Hall–Kier alpha value is -1.18. The maximum Gasteiger partial charge on any atom is 0.239 e. The summed E-state index contributed by atoms with van der Waals surface area (Å²) >= 11 is 0. The third kappa shape index (κ3) is 3.15. The van der Waals surface area contributed by atoms with Gasteiger partial charge in [0.15, 0.2) is 0 Å². The largest absolute Gasteiger partial charge is 0.358 e. The van der Waals surface area contributed by atoms with Gasteiger partial charge >= 0.3 is 0 Å². The van der Waals surface area contributed by atoms with Gasteiger partial charge in [0.1, 0.15) is 10.7 Å². The highest BCUT2D eigenvalue weighted by Gasteiger charge is 2.08. The molecular formula is C8H14N4O2S. The first-order valence-corrected chi connectivity index (χ1v) is 5.90. The predicted octanol–water partition coefficient (Wildman–Crippen LogP) is -0.876. The van der Waals surface area contributed by atoms with Gasteiger partial charge < -0.3 is 10.6 Å². The summed E-state index contributed by atoms with van der Waals surface area (Å²) in [7, 11) is -1.84. The van der Waals surface area contributed by atoms with Crippen molar-refractivity contribution in [3.63, 3.8) is 0 Å². The minimum absolute atomic E-state index is 0.00685. The van der Waals surface area contributed by atoms with Gasteiger partial charge in [-0.25, -0.2) is 18.5 Å². The van der Waals surface area contributed by atoms with E-state index < -0.39 is 10.0 Å². The van der Waals surface area contributed by atoms with E-state index in [4.69, 9.17) is 10.9 Å². The van der Waals surface area contributed by atoms with Crippen LogP contribution < -0.4 is 15.8 Å². The zero-order valence-electron chi connectivity index (χ0n) is 8.42. The van der Waals surface area contributed by atoms with E-state index in [1.54, 1.807) is 6.07 Å². The van der Waals surface area contributed by atoms with Crippen molar-refractivity contribution in [1.82, 2.24) is 4.98 Å². The molecule has 6 nitrogen and oxygen atoms in total. The second-order valence-electron chi connectivity index (χ2n) is 3.11. The second-order valence-corrected chi connectivity index (χ2v) is 4.67. The molecule has 15 heavy (non-hydrogen) atoms. The SMILES string of the molecule is CN(CCN)c1ccc(S(N)(=O)=O)cn1. The lowest BCUT2D eigenvalue weighted by Gasteiger charge is -2.16. The normalized spacial score (nSPS) is 11.4. The molecule has 0 saturated carbocycles. The minimum Gasteiger partial charge on any atom is -0.358 e. The molecule has 0 atom stereocenters. The zero-order chi connectivity index (χ0) is 11.5. The lowest BCUT2D eigenvalue weighted by molar-refractivity contribution is 0.597. The van der Waals surface area contributed by atoms with E-state index in [2.05, 4.69) is 4.98 Å². The van der Waals surface area contributed by atoms with Crippen molar-refractivity contribution in [3.05, 3.63) is 18.3 Å². The number of rotatable bonds is 4. The van der Waals surface area contributed by atoms with Gasteiger partial charge in [0.2, 0.25) is 10.0 Å². The molecule has 1 heterocycles. The van der Waals surface area contributed by atoms with Gasteiger partial charge in [-0.2, -0.15) is 0 Å². The minimum atomic E-state index is -3.66. The van der Waals surface area contributed by atoms with Crippen molar-refractivity contribution >= 4 is 15.8 Å². The molecule has 0 aliphatic carbocycles. The summed E-state index contributed by atoms with van der Waals surface area (Å²) in [5.74, 6) is 0.660. The Kier molecular flexibility index (Phi) is 3.61. The molecule has 0 saturated heterocycles. The standard InChI is InChI=1S/C8H14N4O2S/c1-12(5-4-9)8-3-2-7(6-11-8)15(10,13)14/h2-3,6H,4-5,9H2,1H3,(H2,10,13,14). The van der Waals surface area contributed by atoms with Crippen LogP contribution in [-0.2, 0) is 10.0 Å². The van der Waals surface area contributed by atoms with Crippen LogP contribution in [0.2, 0.25) is 0 Å². The number of pyridine rings is 1. The van der Waals surface area contributed by atoms with Crippen LogP contribution in [0.1, 0.15) is 0 Å². The van der Waals surface area contributed by atoms with Crippen LogP contribution in [-0.4, -0.2) is 33.5 Å². The van der Waals surface area contributed by atoms with Gasteiger partial charge in [0.05, 0.1) is 0 Å². The Morgan fingerprint density at radius 3 is 2.53 bits per heavy atom. The Bertz CT molecular complexity index is 415. The van der Waals surface area contributed by atoms with Gasteiger partial charge in [-0.3, -0.25) is 0 Å². The number of nitrogens with zero attached hydrogens (tertiary/aromatic N) is 2. The number of anilines is 1. The van der Waals surface area contributed by atoms with Crippen LogP contribution in [0.15, 0.2) is 23.2 Å². The van der Waals surface area contributed by atoms with Crippen LogP contribution in [0.25, 0.3) is 0 Å². The average molecular weight is 230 g/mol. The number of likely N-dealkylation sites (N-methyl/N-ethyl adjacent to an activating group) is 1. The molecule has 1 aromatic heterocycles. The van der Waals surface area contributed by atoms with E-state index in [1.807, 2.05) is 11.9 Å².